The first-order valence-corrected chi connectivity index (χ1v) is 10.5. The number of hydrogen-bond donors (Lipinski definition) is 1. The van der Waals surface area contributed by atoms with E-state index in [1.807, 2.05) is 4.90 Å². The van der Waals surface area contributed by atoms with Gasteiger partial charge in [-0.2, -0.15) is 13.2 Å². The molecule has 1 aliphatic rings. The molecule has 3 aromatic rings. The van der Waals surface area contributed by atoms with Crippen LogP contribution in [0.2, 0.25) is 0 Å². The average molecular weight is 473 g/mol. The van der Waals surface area contributed by atoms with Gasteiger partial charge in [-0.25, -0.2) is 0 Å². The number of amides is 1. The van der Waals surface area contributed by atoms with E-state index in [1.165, 1.54) is 10.8 Å². The van der Waals surface area contributed by atoms with E-state index in [9.17, 15) is 22.8 Å². The van der Waals surface area contributed by atoms with Gasteiger partial charge in [0.2, 0.25) is 0 Å². The number of morpholine rings is 1. The number of nitrogens with zero attached hydrogens (tertiary/aromatic N) is 4. The van der Waals surface area contributed by atoms with Crippen molar-refractivity contribution in [1.82, 2.24) is 14.5 Å². The molecule has 34 heavy (non-hydrogen) atoms. The maximum absolute atomic E-state index is 12.9. The van der Waals surface area contributed by atoms with Gasteiger partial charge in [-0.05, 0) is 25.1 Å². The number of carbonyl (C=O) groups excluding carboxylic acids is 1. The van der Waals surface area contributed by atoms with Crippen molar-refractivity contribution in [1.29, 1.82) is 0 Å². The molecule has 0 bridgehead atoms. The van der Waals surface area contributed by atoms with Crippen molar-refractivity contribution in [2.45, 2.75) is 13.1 Å². The van der Waals surface area contributed by atoms with Crippen molar-refractivity contribution in [3.8, 4) is 11.1 Å². The van der Waals surface area contributed by atoms with E-state index in [0.29, 0.717) is 55.0 Å². The first kappa shape index (κ1) is 23.4. The third-order valence-electron chi connectivity index (χ3n) is 5.50. The van der Waals surface area contributed by atoms with Crippen molar-refractivity contribution < 1.29 is 22.7 Å². The number of anilines is 2. The predicted octanol–water partition coefficient (Wildman–Crippen LogP) is 3.26. The van der Waals surface area contributed by atoms with Crippen molar-refractivity contribution in [2.24, 2.45) is 7.05 Å². The quantitative estimate of drug-likeness (QED) is 0.626. The van der Waals surface area contributed by atoms with E-state index in [1.54, 1.807) is 32.3 Å². The Morgan fingerprint density at radius 3 is 2.56 bits per heavy atom. The lowest BCUT2D eigenvalue weighted by Crippen LogP contribution is -2.40. The van der Waals surface area contributed by atoms with Gasteiger partial charge < -0.3 is 19.5 Å². The fraction of sp³-hybridized carbons (Fsp3) is 0.304. The number of aryl methyl sites for hydroxylation is 2. The van der Waals surface area contributed by atoms with Crippen LogP contribution in [0.4, 0.5) is 24.5 Å². The summed E-state index contributed by atoms with van der Waals surface area (Å²) in [6, 6.07) is 4.17. The molecule has 0 unspecified atom stereocenters. The van der Waals surface area contributed by atoms with Crippen molar-refractivity contribution in [3.63, 3.8) is 0 Å². The predicted molar refractivity (Wildman–Crippen MR) is 120 cm³/mol. The molecule has 1 N–H and O–H groups in total. The fourth-order valence-electron chi connectivity index (χ4n) is 3.69. The molecule has 11 heteroatoms. The monoisotopic (exact) mass is 473 g/mol. The van der Waals surface area contributed by atoms with Crippen LogP contribution in [0.1, 0.15) is 21.6 Å². The van der Waals surface area contributed by atoms with Crippen LogP contribution in [-0.4, -0.2) is 46.7 Å². The van der Waals surface area contributed by atoms with Gasteiger partial charge in [0, 0.05) is 55.5 Å². The number of halogens is 3. The summed E-state index contributed by atoms with van der Waals surface area (Å²) >= 11 is 0. The smallest absolute Gasteiger partial charge is 0.378 e. The van der Waals surface area contributed by atoms with Crippen LogP contribution in [0.3, 0.4) is 0 Å². The first-order chi connectivity index (χ1) is 16.1. The molecule has 0 atom stereocenters. The lowest BCUT2D eigenvalue weighted by Gasteiger charge is -2.28. The van der Waals surface area contributed by atoms with E-state index in [0.717, 1.165) is 12.3 Å². The molecule has 0 radical (unpaired) electrons. The average Bonchev–Trinajstić information content (AvgIpc) is 2.81. The Morgan fingerprint density at radius 1 is 1.12 bits per heavy atom. The summed E-state index contributed by atoms with van der Waals surface area (Å²) in [7, 11) is 1.65. The second-order valence-corrected chi connectivity index (χ2v) is 7.90. The van der Waals surface area contributed by atoms with Crippen LogP contribution < -0.4 is 15.8 Å². The minimum atomic E-state index is -4.58. The molecule has 4 rings (SSSR count). The van der Waals surface area contributed by atoms with Crippen molar-refractivity contribution in [3.05, 3.63) is 70.2 Å². The maximum atomic E-state index is 12.9. The lowest BCUT2D eigenvalue weighted by molar-refractivity contribution is -0.137. The standard InChI is InChI=1S/C23H22F3N5O3/c1-14-19(16-8-20(22(33)30(2)13-16)31-3-5-34-6-4-31)7-15(10-28-14)21(32)29-18-9-17(11-27-12-18)23(24,25)26/h7-13H,3-6H2,1-2H3,(H,29,32). The number of nitrogens with one attached hydrogen (secondary N) is 1. The Kier molecular flexibility index (Phi) is 6.38. The van der Waals surface area contributed by atoms with Crippen LogP contribution in [0.5, 0.6) is 0 Å². The highest BCUT2D eigenvalue weighted by molar-refractivity contribution is 6.04. The number of hydrogen-bond acceptors (Lipinski definition) is 6. The topological polar surface area (TPSA) is 89.4 Å². The minimum Gasteiger partial charge on any atom is -0.378 e. The zero-order chi connectivity index (χ0) is 24.5. The summed E-state index contributed by atoms with van der Waals surface area (Å²) in [5.74, 6) is -0.631. The highest BCUT2D eigenvalue weighted by Gasteiger charge is 2.31. The van der Waals surface area contributed by atoms with Crippen LogP contribution in [-0.2, 0) is 18.0 Å². The molecule has 0 aliphatic carbocycles. The van der Waals surface area contributed by atoms with Gasteiger partial charge in [0.15, 0.2) is 0 Å². The summed E-state index contributed by atoms with van der Waals surface area (Å²) in [6.45, 7) is 3.99. The molecule has 1 saturated heterocycles. The molecular weight excluding hydrogens is 451 g/mol. The zero-order valence-electron chi connectivity index (χ0n) is 18.5. The number of pyridine rings is 3. The summed E-state index contributed by atoms with van der Waals surface area (Å²) < 4.78 is 45.7. The summed E-state index contributed by atoms with van der Waals surface area (Å²) in [4.78, 5) is 35.3. The highest BCUT2D eigenvalue weighted by atomic mass is 19.4. The molecule has 0 spiro atoms. The lowest BCUT2D eigenvalue weighted by atomic mass is 10.0. The second kappa shape index (κ2) is 9.26. The van der Waals surface area contributed by atoms with Crippen LogP contribution in [0.15, 0.2) is 47.8 Å². The van der Waals surface area contributed by atoms with E-state index in [-0.39, 0.29) is 16.8 Å². The fourth-order valence-corrected chi connectivity index (χ4v) is 3.69. The number of aromatic nitrogens is 3. The molecular formula is C23H22F3N5O3. The van der Waals surface area contributed by atoms with E-state index in [2.05, 4.69) is 15.3 Å². The molecule has 178 valence electrons. The zero-order valence-corrected chi connectivity index (χ0v) is 18.5. The van der Waals surface area contributed by atoms with Crippen molar-refractivity contribution in [2.75, 3.05) is 36.5 Å². The normalized spacial score (nSPS) is 14.2. The van der Waals surface area contributed by atoms with Gasteiger partial charge in [-0.3, -0.25) is 19.6 Å². The number of carbonyl (C=O) groups is 1. The number of rotatable bonds is 4. The van der Waals surface area contributed by atoms with Crippen molar-refractivity contribution >= 4 is 17.3 Å². The molecule has 0 aromatic carbocycles. The molecule has 1 fully saturated rings. The Bertz CT molecular complexity index is 1280. The Hall–Kier alpha value is -3.73. The molecule has 1 aliphatic heterocycles. The molecule has 8 nitrogen and oxygen atoms in total. The maximum Gasteiger partial charge on any atom is 0.417 e. The summed E-state index contributed by atoms with van der Waals surface area (Å²) in [5.41, 5.74) is 1.41. The number of ether oxygens (including phenoxy) is 1. The third-order valence-corrected chi connectivity index (χ3v) is 5.50. The van der Waals surface area contributed by atoms with Gasteiger partial charge in [0.1, 0.15) is 5.69 Å². The van der Waals surface area contributed by atoms with Gasteiger partial charge in [-0.15, -0.1) is 0 Å². The van der Waals surface area contributed by atoms with Gasteiger partial charge in [0.25, 0.3) is 11.5 Å². The largest absolute Gasteiger partial charge is 0.417 e. The van der Waals surface area contributed by atoms with Gasteiger partial charge >= 0.3 is 6.18 Å². The van der Waals surface area contributed by atoms with Gasteiger partial charge in [-0.1, -0.05) is 0 Å². The van der Waals surface area contributed by atoms with E-state index < -0.39 is 17.6 Å². The van der Waals surface area contributed by atoms with Crippen LogP contribution >= 0.6 is 0 Å². The first-order valence-electron chi connectivity index (χ1n) is 10.5. The number of alkyl halides is 3. The van der Waals surface area contributed by atoms with Gasteiger partial charge in [0.05, 0.1) is 36.2 Å². The molecule has 1 amide bonds. The van der Waals surface area contributed by atoms with Crippen LogP contribution in [0, 0.1) is 6.92 Å². The highest BCUT2D eigenvalue weighted by Crippen LogP contribution is 2.30. The molecule has 3 aromatic heterocycles. The Balaban J connectivity index is 1.66. The Labute approximate surface area is 193 Å². The molecule has 4 heterocycles. The SMILES string of the molecule is Cc1ncc(C(=O)Nc2cncc(C(F)(F)F)c2)cc1-c1cc(N2CCOCC2)c(=O)n(C)c1. The summed E-state index contributed by atoms with van der Waals surface area (Å²) in [5, 5.41) is 2.43. The van der Waals surface area contributed by atoms with E-state index in [4.69, 9.17) is 4.74 Å². The summed E-state index contributed by atoms with van der Waals surface area (Å²) in [6.07, 6.45) is 0.257. The van der Waals surface area contributed by atoms with Crippen LogP contribution in [0.25, 0.3) is 11.1 Å². The third kappa shape index (κ3) is 4.93. The second-order valence-electron chi connectivity index (χ2n) is 7.90. The molecule has 0 saturated carbocycles. The Morgan fingerprint density at radius 2 is 1.85 bits per heavy atom. The minimum absolute atomic E-state index is 0.0846. The van der Waals surface area contributed by atoms with E-state index >= 15 is 0 Å².